The van der Waals surface area contributed by atoms with Crippen LogP contribution >= 0.6 is 11.3 Å². The maximum atomic E-state index is 10.7. The first-order chi connectivity index (χ1) is 6.22. The summed E-state index contributed by atoms with van der Waals surface area (Å²) >= 11 is 1.67. The van der Waals surface area contributed by atoms with Crippen molar-refractivity contribution in [1.82, 2.24) is 0 Å². The van der Waals surface area contributed by atoms with Crippen LogP contribution in [0.3, 0.4) is 0 Å². The fourth-order valence-corrected chi connectivity index (χ4v) is 2.10. The number of hydrogen-bond acceptors (Lipinski definition) is 2. The van der Waals surface area contributed by atoms with E-state index in [0.717, 1.165) is 11.4 Å². The number of thiophene rings is 1. The number of aryl methyl sites for hydroxylation is 1. The molecule has 1 amide bonds. The minimum absolute atomic E-state index is 0.00360. The lowest BCUT2D eigenvalue weighted by atomic mass is 10.2. The molecular formula is C10H15NOS. The summed E-state index contributed by atoms with van der Waals surface area (Å²) in [5, 5.41) is 3.74. The molecule has 1 heterocycles. The number of carbonyl (C=O) groups is 1. The molecule has 72 valence electrons. The van der Waals surface area contributed by atoms with Gasteiger partial charge in [-0.15, -0.1) is 11.3 Å². The van der Waals surface area contributed by atoms with Crippen molar-refractivity contribution in [3.05, 3.63) is 17.0 Å². The fourth-order valence-electron chi connectivity index (χ4n) is 1.10. The summed E-state index contributed by atoms with van der Waals surface area (Å²) < 4.78 is 0. The zero-order valence-corrected chi connectivity index (χ0v) is 8.91. The van der Waals surface area contributed by atoms with Gasteiger partial charge in [0.2, 0.25) is 5.91 Å². The Bertz CT molecular complexity index is 280. The van der Waals surface area contributed by atoms with Gasteiger partial charge < -0.3 is 5.32 Å². The first-order valence-corrected chi connectivity index (χ1v) is 5.40. The minimum Gasteiger partial charge on any atom is -0.318 e. The summed E-state index contributed by atoms with van der Waals surface area (Å²) in [5.74, 6) is 0.00360. The van der Waals surface area contributed by atoms with Gasteiger partial charge in [0.25, 0.3) is 0 Å². The summed E-state index contributed by atoms with van der Waals surface area (Å²) in [5.41, 5.74) is 0. The van der Waals surface area contributed by atoms with Gasteiger partial charge in [0.15, 0.2) is 0 Å². The van der Waals surface area contributed by atoms with E-state index < -0.39 is 0 Å². The first kappa shape index (κ1) is 10.3. The number of anilines is 1. The molecule has 0 aliphatic rings. The molecule has 0 aliphatic carbocycles. The van der Waals surface area contributed by atoms with Crippen LogP contribution in [0, 0.1) is 0 Å². The molecule has 0 saturated carbocycles. The Labute approximate surface area is 83.0 Å². The van der Waals surface area contributed by atoms with Crippen LogP contribution in [-0.4, -0.2) is 5.91 Å². The maximum absolute atomic E-state index is 10.7. The predicted molar refractivity (Wildman–Crippen MR) is 57.2 cm³/mol. The third kappa shape index (κ3) is 3.59. The molecule has 0 saturated heterocycles. The molecule has 0 fully saturated rings. The van der Waals surface area contributed by atoms with Crippen molar-refractivity contribution in [2.24, 2.45) is 0 Å². The zero-order chi connectivity index (χ0) is 9.68. The summed E-state index contributed by atoms with van der Waals surface area (Å²) in [6.45, 7) is 3.72. The molecule has 0 radical (unpaired) electrons. The normalized spacial score (nSPS) is 10.0. The average molecular weight is 197 g/mol. The molecule has 13 heavy (non-hydrogen) atoms. The molecule has 3 heteroatoms. The van der Waals surface area contributed by atoms with Gasteiger partial charge in [-0.1, -0.05) is 13.3 Å². The highest BCUT2D eigenvalue weighted by atomic mass is 32.1. The highest BCUT2D eigenvalue weighted by molar-refractivity contribution is 7.16. The molecule has 0 aliphatic heterocycles. The number of rotatable bonds is 4. The van der Waals surface area contributed by atoms with Crippen LogP contribution < -0.4 is 5.32 Å². The van der Waals surface area contributed by atoms with E-state index in [1.807, 2.05) is 6.07 Å². The van der Waals surface area contributed by atoms with E-state index in [4.69, 9.17) is 0 Å². The lowest BCUT2D eigenvalue weighted by Gasteiger charge is -1.95. The van der Waals surface area contributed by atoms with Crippen LogP contribution in [0.5, 0.6) is 0 Å². The van der Waals surface area contributed by atoms with Crippen molar-refractivity contribution in [2.45, 2.75) is 33.1 Å². The molecule has 0 aromatic carbocycles. The third-order valence-corrected chi connectivity index (χ3v) is 2.80. The molecule has 1 rings (SSSR count). The van der Waals surface area contributed by atoms with Crippen molar-refractivity contribution in [1.29, 1.82) is 0 Å². The molecular weight excluding hydrogens is 182 g/mol. The molecule has 0 spiro atoms. The van der Waals surface area contributed by atoms with Crippen molar-refractivity contribution in [3.63, 3.8) is 0 Å². The molecule has 1 aromatic rings. The Balaban J connectivity index is 2.48. The SMILES string of the molecule is CCCCc1ccc(NC(C)=O)s1. The van der Waals surface area contributed by atoms with Gasteiger partial charge in [-0.25, -0.2) is 0 Å². The second-order valence-electron chi connectivity index (χ2n) is 3.05. The lowest BCUT2D eigenvalue weighted by molar-refractivity contribution is -0.114. The lowest BCUT2D eigenvalue weighted by Crippen LogP contribution is -2.03. The van der Waals surface area contributed by atoms with Gasteiger partial charge in [0.1, 0.15) is 0 Å². The number of hydrogen-bond donors (Lipinski definition) is 1. The molecule has 1 N–H and O–H groups in total. The van der Waals surface area contributed by atoms with Crippen molar-refractivity contribution in [2.75, 3.05) is 5.32 Å². The zero-order valence-electron chi connectivity index (χ0n) is 8.09. The fraction of sp³-hybridized carbons (Fsp3) is 0.500. The van der Waals surface area contributed by atoms with E-state index in [2.05, 4.69) is 18.3 Å². The topological polar surface area (TPSA) is 29.1 Å². The van der Waals surface area contributed by atoms with E-state index in [1.54, 1.807) is 11.3 Å². The molecule has 0 bridgehead atoms. The molecule has 1 aromatic heterocycles. The average Bonchev–Trinajstić information content (AvgIpc) is 2.48. The quantitative estimate of drug-likeness (QED) is 0.789. The Morgan fingerprint density at radius 3 is 2.92 bits per heavy atom. The van der Waals surface area contributed by atoms with Gasteiger partial charge in [-0.3, -0.25) is 4.79 Å². The van der Waals surface area contributed by atoms with Gasteiger partial charge >= 0.3 is 0 Å². The third-order valence-electron chi connectivity index (χ3n) is 1.74. The number of unbranched alkanes of at least 4 members (excludes halogenated alkanes) is 1. The Kier molecular flexibility index (Phi) is 3.96. The van der Waals surface area contributed by atoms with Crippen LogP contribution in [0.15, 0.2) is 12.1 Å². The smallest absolute Gasteiger partial charge is 0.221 e. The summed E-state index contributed by atoms with van der Waals surface area (Å²) in [6.07, 6.45) is 3.56. The van der Waals surface area contributed by atoms with E-state index in [-0.39, 0.29) is 5.91 Å². The summed E-state index contributed by atoms with van der Waals surface area (Å²) in [6, 6.07) is 4.06. The van der Waals surface area contributed by atoms with E-state index in [1.165, 1.54) is 24.6 Å². The van der Waals surface area contributed by atoms with Crippen LogP contribution in [0.25, 0.3) is 0 Å². The predicted octanol–water partition coefficient (Wildman–Crippen LogP) is 3.05. The molecule has 0 unspecified atom stereocenters. The molecule has 0 atom stereocenters. The van der Waals surface area contributed by atoms with Crippen LogP contribution in [0.4, 0.5) is 5.00 Å². The summed E-state index contributed by atoms with van der Waals surface area (Å²) in [4.78, 5) is 12.1. The number of nitrogens with one attached hydrogen (secondary N) is 1. The van der Waals surface area contributed by atoms with Gasteiger partial charge in [-0.2, -0.15) is 0 Å². The molecule has 2 nitrogen and oxygen atoms in total. The highest BCUT2D eigenvalue weighted by Crippen LogP contribution is 2.23. The van der Waals surface area contributed by atoms with E-state index in [9.17, 15) is 4.79 Å². The van der Waals surface area contributed by atoms with Crippen molar-refractivity contribution >= 4 is 22.2 Å². The highest BCUT2D eigenvalue weighted by Gasteiger charge is 2.00. The van der Waals surface area contributed by atoms with Crippen molar-refractivity contribution in [3.8, 4) is 0 Å². The van der Waals surface area contributed by atoms with Crippen LogP contribution in [0.1, 0.15) is 31.6 Å². The van der Waals surface area contributed by atoms with E-state index in [0.29, 0.717) is 0 Å². The van der Waals surface area contributed by atoms with Gasteiger partial charge in [0, 0.05) is 11.8 Å². The first-order valence-electron chi connectivity index (χ1n) is 4.58. The standard InChI is InChI=1S/C10H15NOS/c1-3-4-5-9-6-7-10(13-9)11-8(2)12/h6-7H,3-5H2,1-2H3,(H,11,12). The number of amides is 1. The minimum atomic E-state index is 0.00360. The Morgan fingerprint density at radius 2 is 2.31 bits per heavy atom. The van der Waals surface area contributed by atoms with E-state index >= 15 is 0 Å². The van der Waals surface area contributed by atoms with Crippen LogP contribution in [0.2, 0.25) is 0 Å². The Morgan fingerprint density at radius 1 is 1.54 bits per heavy atom. The Hall–Kier alpha value is -0.830. The monoisotopic (exact) mass is 197 g/mol. The van der Waals surface area contributed by atoms with Crippen molar-refractivity contribution < 1.29 is 4.79 Å². The van der Waals surface area contributed by atoms with Crippen LogP contribution in [-0.2, 0) is 11.2 Å². The van der Waals surface area contributed by atoms with Gasteiger partial charge in [0.05, 0.1) is 5.00 Å². The van der Waals surface area contributed by atoms with Gasteiger partial charge in [-0.05, 0) is 25.0 Å². The number of carbonyl (C=O) groups excluding carboxylic acids is 1. The largest absolute Gasteiger partial charge is 0.318 e. The summed E-state index contributed by atoms with van der Waals surface area (Å²) in [7, 11) is 0. The second kappa shape index (κ2) is 5.02. The second-order valence-corrected chi connectivity index (χ2v) is 4.22. The maximum Gasteiger partial charge on any atom is 0.221 e.